The summed E-state index contributed by atoms with van der Waals surface area (Å²) in [4.78, 5) is 22.2. The topological polar surface area (TPSA) is 110 Å². The van der Waals surface area contributed by atoms with Gasteiger partial charge in [-0.1, -0.05) is 12.8 Å². The first-order valence-corrected chi connectivity index (χ1v) is 8.81. The number of anilines is 1. The third-order valence-electron chi connectivity index (χ3n) is 4.75. The Hall–Kier alpha value is -2.07. The molecule has 2 rings (SSSR count). The number of nitrogens with two attached hydrogens (primary N) is 1. The lowest BCUT2D eigenvalue weighted by Crippen LogP contribution is -2.45. The van der Waals surface area contributed by atoms with Crippen molar-refractivity contribution in [2.45, 2.75) is 44.3 Å². The Balaban J connectivity index is 0.00000392. The maximum absolute atomic E-state index is 12.7. The van der Waals surface area contributed by atoms with E-state index in [1.54, 1.807) is 0 Å². The fourth-order valence-electron chi connectivity index (χ4n) is 3.28. The van der Waals surface area contributed by atoms with Crippen molar-refractivity contribution in [1.29, 1.82) is 0 Å². The molecule has 11 heteroatoms. The van der Waals surface area contributed by atoms with E-state index in [0.29, 0.717) is 12.6 Å². The molecule has 1 fully saturated rings. The Morgan fingerprint density at radius 3 is 2.57 bits per heavy atom. The zero-order valence-corrected chi connectivity index (χ0v) is 15.9. The van der Waals surface area contributed by atoms with Crippen molar-refractivity contribution < 1.29 is 22.9 Å². The second kappa shape index (κ2) is 10.5. The van der Waals surface area contributed by atoms with E-state index < -0.39 is 22.4 Å². The van der Waals surface area contributed by atoms with E-state index in [1.807, 2.05) is 0 Å². The van der Waals surface area contributed by atoms with Crippen LogP contribution in [0.15, 0.2) is 18.2 Å². The van der Waals surface area contributed by atoms with Crippen molar-refractivity contribution in [2.24, 2.45) is 11.7 Å². The minimum Gasteiger partial charge on any atom is -0.379 e. The number of hydrogen-bond acceptors (Lipinski definition) is 5. The molecule has 0 heterocycles. The molecule has 1 amide bonds. The number of nitrogens with zero attached hydrogens (tertiary/aromatic N) is 1. The van der Waals surface area contributed by atoms with Gasteiger partial charge >= 0.3 is 6.18 Å². The third kappa shape index (κ3) is 6.52. The number of nitrogens with one attached hydrogen (secondary N) is 2. The summed E-state index contributed by atoms with van der Waals surface area (Å²) in [5.74, 6) is 0.0223. The number of alkyl halides is 3. The Bertz CT molecular complexity index is 688. The number of nitro benzene ring substituents is 1. The van der Waals surface area contributed by atoms with E-state index in [2.05, 4.69) is 10.6 Å². The van der Waals surface area contributed by atoms with Gasteiger partial charge < -0.3 is 16.4 Å². The molecule has 0 spiro atoms. The Morgan fingerprint density at radius 2 is 1.96 bits per heavy atom. The van der Waals surface area contributed by atoms with Crippen LogP contribution in [0, 0.1) is 16.0 Å². The monoisotopic (exact) mass is 424 g/mol. The van der Waals surface area contributed by atoms with Crippen LogP contribution in [0.25, 0.3) is 0 Å². The van der Waals surface area contributed by atoms with Gasteiger partial charge in [0.1, 0.15) is 5.69 Å². The van der Waals surface area contributed by atoms with E-state index >= 15 is 0 Å². The normalized spacial score (nSPS) is 19.4. The van der Waals surface area contributed by atoms with Crippen molar-refractivity contribution in [3.8, 4) is 0 Å². The van der Waals surface area contributed by atoms with Gasteiger partial charge in [-0.25, -0.2) is 0 Å². The summed E-state index contributed by atoms with van der Waals surface area (Å²) in [6.07, 6.45) is -0.664. The highest BCUT2D eigenvalue weighted by atomic mass is 35.5. The van der Waals surface area contributed by atoms with E-state index in [1.165, 1.54) is 0 Å². The molecule has 0 aromatic heterocycles. The molecule has 1 aliphatic carbocycles. The lowest BCUT2D eigenvalue weighted by molar-refractivity contribution is -0.384. The third-order valence-corrected chi connectivity index (χ3v) is 4.75. The molecule has 2 atom stereocenters. The van der Waals surface area contributed by atoms with E-state index in [4.69, 9.17) is 5.73 Å². The number of carbonyl (C=O) groups excluding carboxylic acids is 1. The number of rotatable bonds is 7. The molecule has 1 aliphatic rings. The standard InChI is InChI=1S/C17H23F3N4O3.ClH/c18-17(19,20)12-5-6-14(15(9-12)24(26)27)22-8-7-16(25)23-13-4-2-1-3-11(13)10-21;/h5-6,9,11,13,22H,1-4,7-8,10,21H2,(H,23,25);1H. The van der Waals surface area contributed by atoms with Gasteiger partial charge in [-0.15, -0.1) is 12.4 Å². The van der Waals surface area contributed by atoms with E-state index in [9.17, 15) is 28.1 Å². The second-order valence-electron chi connectivity index (χ2n) is 6.62. The van der Waals surface area contributed by atoms with Gasteiger partial charge in [0.05, 0.1) is 10.5 Å². The van der Waals surface area contributed by atoms with E-state index in [0.717, 1.165) is 37.8 Å². The molecule has 158 valence electrons. The molecule has 4 N–H and O–H groups in total. The number of carbonyl (C=O) groups is 1. The minimum atomic E-state index is -4.66. The van der Waals surface area contributed by atoms with Gasteiger partial charge in [-0.2, -0.15) is 13.2 Å². The van der Waals surface area contributed by atoms with Gasteiger partial charge in [-0.05, 0) is 37.4 Å². The minimum absolute atomic E-state index is 0. The summed E-state index contributed by atoms with van der Waals surface area (Å²) in [6, 6.07) is 2.28. The molecular formula is C17H24ClF3N4O3. The zero-order chi connectivity index (χ0) is 20.0. The summed E-state index contributed by atoms with van der Waals surface area (Å²) in [5, 5.41) is 16.6. The van der Waals surface area contributed by atoms with Crippen LogP contribution < -0.4 is 16.4 Å². The molecule has 28 heavy (non-hydrogen) atoms. The first-order valence-electron chi connectivity index (χ1n) is 8.81. The smallest absolute Gasteiger partial charge is 0.379 e. The van der Waals surface area contributed by atoms with Crippen molar-refractivity contribution in [1.82, 2.24) is 5.32 Å². The summed E-state index contributed by atoms with van der Waals surface area (Å²) in [5.41, 5.74) is 3.89. The molecule has 1 saturated carbocycles. The molecular weight excluding hydrogens is 401 g/mol. The lowest BCUT2D eigenvalue weighted by atomic mass is 9.84. The van der Waals surface area contributed by atoms with E-state index in [-0.39, 0.29) is 48.9 Å². The van der Waals surface area contributed by atoms with Gasteiger partial charge in [0, 0.05) is 25.1 Å². The van der Waals surface area contributed by atoms with Gasteiger partial charge in [0.15, 0.2) is 0 Å². The van der Waals surface area contributed by atoms with Crippen molar-refractivity contribution >= 4 is 29.7 Å². The summed E-state index contributed by atoms with van der Waals surface area (Å²) >= 11 is 0. The average molecular weight is 425 g/mol. The lowest BCUT2D eigenvalue weighted by Gasteiger charge is -2.31. The summed E-state index contributed by atoms with van der Waals surface area (Å²) in [6.45, 7) is 0.568. The van der Waals surface area contributed by atoms with Crippen LogP contribution in [-0.2, 0) is 11.0 Å². The maximum Gasteiger partial charge on any atom is 0.416 e. The summed E-state index contributed by atoms with van der Waals surface area (Å²) < 4.78 is 38.1. The molecule has 1 aromatic carbocycles. The van der Waals surface area contributed by atoms with Crippen LogP contribution in [0.2, 0.25) is 0 Å². The van der Waals surface area contributed by atoms with Crippen molar-refractivity contribution in [3.05, 3.63) is 33.9 Å². The number of hydrogen-bond donors (Lipinski definition) is 3. The highest BCUT2D eigenvalue weighted by Crippen LogP contribution is 2.34. The first kappa shape index (κ1) is 24.0. The molecule has 0 radical (unpaired) electrons. The van der Waals surface area contributed by atoms with Gasteiger partial charge in [0.2, 0.25) is 5.91 Å². The van der Waals surface area contributed by atoms with Crippen LogP contribution in [0.4, 0.5) is 24.5 Å². The first-order chi connectivity index (χ1) is 12.7. The molecule has 7 nitrogen and oxygen atoms in total. The van der Waals surface area contributed by atoms with Gasteiger partial charge in [0.25, 0.3) is 5.69 Å². The van der Waals surface area contributed by atoms with Crippen molar-refractivity contribution in [3.63, 3.8) is 0 Å². The number of halogens is 4. The van der Waals surface area contributed by atoms with Gasteiger partial charge in [-0.3, -0.25) is 14.9 Å². The largest absolute Gasteiger partial charge is 0.416 e. The highest BCUT2D eigenvalue weighted by molar-refractivity contribution is 5.85. The predicted octanol–water partition coefficient (Wildman–Crippen LogP) is 3.47. The summed E-state index contributed by atoms with van der Waals surface area (Å²) in [7, 11) is 0. The van der Waals surface area contributed by atoms with Crippen LogP contribution in [0.3, 0.4) is 0 Å². The molecule has 0 aliphatic heterocycles. The number of amides is 1. The van der Waals surface area contributed by atoms with Crippen LogP contribution in [-0.4, -0.2) is 30.0 Å². The number of benzene rings is 1. The Labute approximate surface area is 166 Å². The maximum atomic E-state index is 12.7. The highest BCUT2D eigenvalue weighted by Gasteiger charge is 2.33. The fraction of sp³-hybridized carbons (Fsp3) is 0.588. The molecule has 1 aromatic rings. The Kier molecular flexibility index (Phi) is 8.96. The Morgan fingerprint density at radius 1 is 1.29 bits per heavy atom. The molecule has 2 unspecified atom stereocenters. The number of nitro groups is 1. The second-order valence-corrected chi connectivity index (χ2v) is 6.62. The quantitative estimate of drug-likeness (QED) is 0.458. The average Bonchev–Trinajstić information content (AvgIpc) is 2.61. The molecule has 0 bridgehead atoms. The van der Waals surface area contributed by atoms with Crippen molar-refractivity contribution in [2.75, 3.05) is 18.4 Å². The fourth-order valence-corrected chi connectivity index (χ4v) is 3.28. The zero-order valence-electron chi connectivity index (χ0n) is 15.1. The SMILES string of the molecule is Cl.NCC1CCCCC1NC(=O)CCNc1ccc(C(F)(F)F)cc1[N+](=O)[O-]. The van der Waals surface area contributed by atoms with Crippen LogP contribution in [0.5, 0.6) is 0 Å². The molecule has 0 saturated heterocycles. The predicted molar refractivity (Wildman–Crippen MR) is 101 cm³/mol. The van der Waals surface area contributed by atoms with Crippen LogP contribution >= 0.6 is 12.4 Å². The van der Waals surface area contributed by atoms with Crippen LogP contribution in [0.1, 0.15) is 37.7 Å².